The molecule has 0 fully saturated rings. The third-order valence-electron chi connectivity index (χ3n) is 3.66. The number of nitrogens with zero attached hydrogens (tertiary/aromatic N) is 1. The summed E-state index contributed by atoms with van der Waals surface area (Å²) in [5.74, 6) is 1.11. The predicted octanol–water partition coefficient (Wildman–Crippen LogP) is 3.04. The molecule has 2 aromatic rings. The van der Waals surface area contributed by atoms with E-state index in [4.69, 9.17) is 9.47 Å². The molecule has 6 heteroatoms. The average Bonchev–Trinajstić information content (AvgIpc) is 2.66. The first kappa shape index (κ1) is 18.3. The summed E-state index contributed by atoms with van der Waals surface area (Å²) in [4.78, 5) is 12.3. The molecule has 0 radical (unpaired) electrons. The van der Waals surface area contributed by atoms with E-state index in [2.05, 4.69) is 15.8 Å². The number of hydrogen-bond donors (Lipinski definition) is 2. The lowest BCUT2D eigenvalue weighted by Crippen LogP contribution is -2.36. The molecule has 0 saturated carbocycles. The number of nitrogens with one attached hydrogen (secondary N) is 2. The van der Waals surface area contributed by atoms with Crippen LogP contribution in [-0.4, -0.2) is 32.4 Å². The van der Waals surface area contributed by atoms with Crippen LogP contribution in [0.5, 0.6) is 11.5 Å². The van der Waals surface area contributed by atoms with Crippen LogP contribution < -0.4 is 20.2 Å². The Kier molecular flexibility index (Phi) is 6.83. The maximum atomic E-state index is 12.3. The molecule has 2 N–H and O–H groups in total. The van der Waals surface area contributed by atoms with Crippen molar-refractivity contribution >= 4 is 17.8 Å². The number of amides is 1. The van der Waals surface area contributed by atoms with Crippen LogP contribution in [0.4, 0.5) is 5.69 Å². The number of para-hydroxylation sites is 1. The molecule has 1 unspecified atom stereocenters. The number of hydrogen-bond acceptors (Lipinski definition) is 5. The number of hydrazone groups is 1. The first-order chi connectivity index (χ1) is 12.2. The van der Waals surface area contributed by atoms with Gasteiger partial charge in [-0.15, -0.1) is 0 Å². The van der Waals surface area contributed by atoms with E-state index in [-0.39, 0.29) is 11.9 Å². The minimum absolute atomic E-state index is 0.199. The maximum absolute atomic E-state index is 12.3. The molecular formula is C19H23N3O3. The maximum Gasteiger partial charge on any atom is 0.262 e. The fourth-order valence-corrected chi connectivity index (χ4v) is 2.26. The van der Waals surface area contributed by atoms with Crippen LogP contribution in [0.25, 0.3) is 0 Å². The van der Waals surface area contributed by atoms with Crippen molar-refractivity contribution in [3.63, 3.8) is 0 Å². The number of anilines is 1. The van der Waals surface area contributed by atoms with Gasteiger partial charge in [0.15, 0.2) is 0 Å². The number of carbonyl (C=O) groups excluding carboxylic acids is 1. The highest BCUT2D eigenvalue weighted by Gasteiger charge is 2.15. The quantitative estimate of drug-likeness (QED) is 0.572. The van der Waals surface area contributed by atoms with Gasteiger partial charge < -0.3 is 14.8 Å². The van der Waals surface area contributed by atoms with Gasteiger partial charge in [-0.3, -0.25) is 4.79 Å². The molecule has 0 spiro atoms. The Labute approximate surface area is 147 Å². The zero-order valence-electron chi connectivity index (χ0n) is 14.7. The Bertz CT molecular complexity index is 717. The highest BCUT2D eigenvalue weighted by molar-refractivity contribution is 5.88. The summed E-state index contributed by atoms with van der Waals surface area (Å²) in [5, 5.41) is 7.22. The highest BCUT2D eigenvalue weighted by atomic mass is 16.5. The average molecular weight is 341 g/mol. The molecule has 1 amide bonds. The van der Waals surface area contributed by atoms with E-state index in [9.17, 15) is 4.79 Å². The molecule has 0 heterocycles. The monoisotopic (exact) mass is 341 g/mol. The molecule has 6 nitrogen and oxygen atoms in total. The van der Waals surface area contributed by atoms with Crippen molar-refractivity contribution in [3.05, 3.63) is 54.1 Å². The summed E-state index contributed by atoms with van der Waals surface area (Å²) in [6.45, 7) is 1.94. The largest absolute Gasteiger partial charge is 0.497 e. The van der Waals surface area contributed by atoms with Crippen LogP contribution in [0.15, 0.2) is 53.6 Å². The van der Waals surface area contributed by atoms with Crippen LogP contribution >= 0.6 is 0 Å². The minimum atomic E-state index is -0.364. The van der Waals surface area contributed by atoms with Gasteiger partial charge >= 0.3 is 0 Å². The summed E-state index contributed by atoms with van der Waals surface area (Å²) < 4.78 is 10.5. The van der Waals surface area contributed by atoms with E-state index >= 15 is 0 Å². The number of benzene rings is 2. The van der Waals surface area contributed by atoms with Crippen molar-refractivity contribution in [2.24, 2.45) is 5.10 Å². The lowest BCUT2D eigenvalue weighted by atomic mass is 10.2. The van der Waals surface area contributed by atoms with E-state index in [1.54, 1.807) is 32.6 Å². The number of rotatable bonds is 8. The van der Waals surface area contributed by atoms with Gasteiger partial charge in [-0.25, -0.2) is 5.43 Å². The highest BCUT2D eigenvalue weighted by Crippen LogP contribution is 2.23. The molecule has 2 aromatic carbocycles. The van der Waals surface area contributed by atoms with Gasteiger partial charge in [-0.05, 0) is 30.7 Å². The number of carbonyl (C=O) groups is 1. The van der Waals surface area contributed by atoms with Gasteiger partial charge in [0, 0.05) is 17.3 Å². The predicted molar refractivity (Wildman–Crippen MR) is 99.4 cm³/mol. The van der Waals surface area contributed by atoms with Crippen molar-refractivity contribution < 1.29 is 14.3 Å². The molecule has 132 valence electrons. The zero-order valence-corrected chi connectivity index (χ0v) is 14.7. The van der Waals surface area contributed by atoms with Crippen molar-refractivity contribution in [2.45, 2.75) is 19.4 Å². The van der Waals surface area contributed by atoms with Gasteiger partial charge in [0.1, 0.15) is 17.5 Å². The second kappa shape index (κ2) is 9.32. The topological polar surface area (TPSA) is 72.0 Å². The Morgan fingerprint density at radius 2 is 1.92 bits per heavy atom. The fraction of sp³-hybridized carbons (Fsp3) is 0.263. The molecule has 0 aliphatic heterocycles. The summed E-state index contributed by atoms with van der Waals surface area (Å²) >= 11 is 0. The summed E-state index contributed by atoms with van der Waals surface area (Å²) in [6.07, 6.45) is 2.19. The standard InChI is InChI=1S/C19H23N3O3/c1-4-17(21-15-8-6-5-7-9-15)19(23)22-20-13-14-10-11-16(24-2)12-18(14)25-3/h5-13,17,21H,4H2,1-3H3,(H,22,23)/b20-13+. The molecule has 25 heavy (non-hydrogen) atoms. The summed E-state index contributed by atoms with van der Waals surface area (Å²) in [7, 11) is 3.16. The lowest BCUT2D eigenvalue weighted by Gasteiger charge is -2.16. The Morgan fingerprint density at radius 1 is 1.16 bits per heavy atom. The van der Waals surface area contributed by atoms with Gasteiger partial charge in [-0.1, -0.05) is 25.1 Å². The van der Waals surface area contributed by atoms with Crippen LogP contribution in [0.3, 0.4) is 0 Å². The summed E-state index contributed by atoms with van der Waals surface area (Å²) in [5.41, 5.74) is 4.20. The van der Waals surface area contributed by atoms with Gasteiger partial charge in [0.2, 0.25) is 0 Å². The molecule has 1 atom stereocenters. The van der Waals surface area contributed by atoms with Crippen LogP contribution in [0, 0.1) is 0 Å². The fourth-order valence-electron chi connectivity index (χ4n) is 2.26. The minimum Gasteiger partial charge on any atom is -0.497 e. The van der Waals surface area contributed by atoms with E-state index in [1.165, 1.54) is 0 Å². The van der Waals surface area contributed by atoms with Crippen LogP contribution in [-0.2, 0) is 4.79 Å². The number of ether oxygens (including phenoxy) is 2. The Morgan fingerprint density at radius 3 is 2.56 bits per heavy atom. The lowest BCUT2D eigenvalue weighted by molar-refractivity contribution is -0.121. The Hall–Kier alpha value is -3.02. The van der Waals surface area contributed by atoms with Crippen molar-refractivity contribution in [3.8, 4) is 11.5 Å². The van der Waals surface area contributed by atoms with Crippen molar-refractivity contribution in [2.75, 3.05) is 19.5 Å². The SMILES string of the molecule is CCC(Nc1ccccc1)C(=O)N/N=C/c1ccc(OC)cc1OC. The van der Waals surface area contributed by atoms with Gasteiger partial charge in [0.05, 0.1) is 20.4 Å². The first-order valence-corrected chi connectivity index (χ1v) is 8.04. The molecule has 0 aromatic heterocycles. The van der Waals surface area contributed by atoms with Crippen LogP contribution in [0.1, 0.15) is 18.9 Å². The third-order valence-corrected chi connectivity index (χ3v) is 3.66. The smallest absolute Gasteiger partial charge is 0.262 e. The molecule has 0 aliphatic rings. The third kappa shape index (κ3) is 5.24. The second-order valence-electron chi connectivity index (χ2n) is 5.31. The van der Waals surface area contributed by atoms with Crippen molar-refractivity contribution in [1.29, 1.82) is 0 Å². The number of methoxy groups -OCH3 is 2. The normalized spacial score (nSPS) is 11.8. The van der Waals surface area contributed by atoms with Gasteiger partial charge in [0.25, 0.3) is 5.91 Å². The van der Waals surface area contributed by atoms with E-state index < -0.39 is 0 Å². The van der Waals surface area contributed by atoms with E-state index in [0.717, 1.165) is 11.3 Å². The van der Waals surface area contributed by atoms with E-state index in [0.29, 0.717) is 17.9 Å². The molecule has 0 aliphatic carbocycles. The van der Waals surface area contributed by atoms with Crippen LogP contribution in [0.2, 0.25) is 0 Å². The molecule has 0 bridgehead atoms. The second-order valence-corrected chi connectivity index (χ2v) is 5.31. The molecular weight excluding hydrogens is 318 g/mol. The first-order valence-electron chi connectivity index (χ1n) is 8.04. The zero-order chi connectivity index (χ0) is 18.1. The van der Waals surface area contributed by atoms with Crippen molar-refractivity contribution in [1.82, 2.24) is 5.43 Å². The summed E-state index contributed by atoms with van der Waals surface area (Å²) in [6, 6.07) is 14.6. The molecule has 2 rings (SSSR count). The Balaban J connectivity index is 1.99. The van der Waals surface area contributed by atoms with Gasteiger partial charge in [-0.2, -0.15) is 5.10 Å². The van der Waals surface area contributed by atoms with E-state index in [1.807, 2.05) is 43.3 Å². The molecule has 0 saturated heterocycles.